The first-order valence-corrected chi connectivity index (χ1v) is 12.2. The number of para-hydroxylation sites is 2. The number of aromatic nitrogens is 1. The fraction of sp³-hybridized carbons (Fsp3) is 0.276. The van der Waals surface area contributed by atoms with Crippen LogP contribution in [0.5, 0.6) is 0 Å². The third-order valence-electron chi connectivity index (χ3n) is 6.69. The average Bonchev–Trinajstić information content (AvgIpc) is 3.20. The predicted octanol–water partition coefficient (Wildman–Crippen LogP) is 4.14. The van der Waals surface area contributed by atoms with Crippen LogP contribution in [0.15, 0.2) is 78.9 Å². The zero-order valence-corrected chi connectivity index (χ0v) is 20.5. The molecule has 3 aromatic carbocycles. The van der Waals surface area contributed by atoms with E-state index >= 15 is 0 Å². The van der Waals surface area contributed by atoms with E-state index in [0.29, 0.717) is 6.42 Å². The van der Waals surface area contributed by atoms with E-state index in [0.717, 1.165) is 27.4 Å². The van der Waals surface area contributed by atoms with Crippen LogP contribution in [-0.2, 0) is 27.3 Å². The second-order valence-corrected chi connectivity index (χ2v) is 9.14. The van der Waals surface area contributed by atoms with Gasteiger partial charge in [0.1, 0.15) is 18.6 Å². The minimum Gasteiger partial charge on any atom is -0.480 e. The molecule has 186 valence electrons. The Morgan fingerprint density at radius 1 is 0.833 bits per heavy atom. The van der Waals surface area contributed by atoms with Gasteiger partial charge in [0.05, 0.1) is 0 Å². The van der Waals surface area contributed by atoms with Gasteiger partial charge >= 0.3 is 5.97 Å². The molecule has 0 radical (unpaired) electrons. The summed E-state index contributed by atoms with van der Waals surface area (Å²) in [5, 5.41) is 17.3. The highest BCUT2D eigenvalue weighted by atomic mass is 16.4. The van der Waals surface area contributed by atoms with Crippen LogP contribution in [0.1, 0.15) is 25.8 Å². The van der Waals surface area contributed by atoms with Crippen molar-refractivity contribution in [2.75, 3.05) is 0 Å². The van der Waals surface area contributed by atoms with E-state index in [4.69, 9.17) is 0 Å². The van der Waals surface area contributed by atoms with Crippen LogP contribution in [-0.4, -0.2) is 39.5 Å². The lowest BCUT2D eigenvalue weighted by Gasteiger charge is -2.26. The second kappa shape index (κ2) is 11.1. The van der Waals surface area contributed by atoms with Gasteiger partial charge < -0.3 is 20.3 Å². The van der Waals surface area contributed by atoms with Gasteiger partial charge in [-0.2, -0.15) is 0 Å². The fourth-order valence-electron chi connectivity index (χ4n) is 4.55. The van der Waals surface area contributed by atoms with Crippen LogP contribution < -0.4 is 10.6 Å². The Kier molecular flexibility index (Phi) is 7.68. The molecular formula is C29H31N3O4. The standard InChI is InChI=1S/C29H31N3O4/c1-3-19(2)27(28(34)30-23(29(35)36)17-20-11-5-4-6-12-20)31-26(33)18-32-24-15-9-7-13-21(24)22-14-8-10-16-25(22)32/h4-16,19,23,27H,3,17-18H2,1-2H3,(H,30,34)(H,31,33)(H,35,36)/t19-,23-,27-/m0/s1. The first-order chi connectivity index (χ1) is 17.4. The number of hydrogen-bond donors (Lipinski definition) is 3. The molecule has 0 spiro atoms. The number of aliphatic carboxylic acids is 1. The second-order valence-electron chi connectivity index (χ2n) is 9.14. The van der Waals surface area contributed by atoms with Crippen molar-refractivity contribution in [3.63, 3.8) is 0 Å². The van der Waals surface area contributed by atoms with Gasteiger partial charge in [0, 0.05) is 28.2 Å². The molecule has 7 heteroatoms. The molecule has 4 aromatic rings. The normalized spacial score (nSPS) is 13.7. The Balaban J connectivity index is 1.53. The van der Waals surface area contributed by atoms with Gasteiger partial charge in [-0.25, -0.2) is 4.79 Å². The van der Waals surface area contributed by atoms with Gasteiger partial charge in [-0.1, -0.05) is 87.0 Å². The minimum atomic E-state index is -1.12. The van der Waals surface area contributed by atoms with Gasteiger partial charge in [-0.15, -0.1) is 0 Å². The molecule has 0 aliphatic heterocycles. The summed E-state index contributed by atoms with van der Waals surface area (Å²) in [6.07, 6.45) is 0.800. The molecule has 1 aromatic heterocycles. The van der Waals surface area contributed by atoms with E-state index in [1.807, 2.05) is 97.3 Å². The third kappa shape index (κ3) is 5.40. The molecule has 0 saturated heterocycles. The summed E-state index contributed by atoms with van der Waals surface area (Å²) in [6.45, 7) is 3.85. The molecule has 4 rings (SSSR count). The Hall–Kier alpha value is -4.13. The SMILES string of the molecule is CC[C@H](C)[C@H](NC(=O)Cn1c2ccccc2c2ccccc21)C(=O)N[C@@H](Cc1ccccc1)C(=O)O. The lowest BCUT2D eigenvalue weighted by Crippen LogP contribution is -2.55. The Bertz CT molecular complexity index is 1330. The van der Waals surface area contributed by atoms with Crippen LogP contribution in [0.25, 0.3) is 21.8 Å². The number of benzene rings is 3. The summed E-state index contributed by atoms with van der Waals surface area (Å²) in [4.78, 5) is 38.3. The van der Waals surface area contributed by atoms with Gasteiger partial charge in [-0.3, -0.25) is 9.59 Å². The molecule has 3 N–H and O–H groups in total. The molecule has 7 nitrogen and oxygen atoms in total. The molecule has 0 bridgehead atoms. The number of nitrogens with one attached hydrogen (secondary N) is 2. The smallest absolute Gasteiger partial charge is 0.326 e. The Morgan fingerprint density at radius 2 is 1.39 bits per heavy atom. The van der Waals surface area contributed by atoms with Crippen molar-refractivity contribution in [2.45, 2.75) is 45.3 Å². The Labute approximate surface area is 210 Å². The van der Waals surface area contributed by atoms with Crippen LogP contribution in [0.3, 0.4) is 0 Å². The zero-order chi connectivity index (χ0) is 25.7. The van der Waals surface area contributed by atoms with Crippen LogP contribution in [0.4, 0.5) is 0 Å². The lowest BCUT2D eigenvalue weighted by molar-refractivity contribution is -0.142. The number of carbonyl (C=O) groups excluding carboxylic acids is 2. The first-order valence-electron chi connectivity index (χ1n) is 12.2. The molecular weight excluding hydrogens is 454 g/mol. The summed E-state index contributed by atoms with van der Waals surface area (Å²) in [7, 11) is 0. The Morgan fingerprint density at radius 3 is 1.94 bits per heavy atom. The third-order valence-corrected chi connectivity index (χ3v) is 6.69. The van der Waals surface area contributed by atoms with Crippen molar-refractivity contribution >= 4 is 39.6 Å². The highest BCUT2D eigenvalue weighted by molar-refractivity contribution is 6.08. The molecule has 0 saturated carbocycles. The molecule has 2 amide bonds. The van der Waals surface area contributed by atoms with E-state index in [1.54, 1.807) is 0 Å². The number of hydrogen-bond acceptors (Lipinski definition) is 3. The largest absolute Gasteiger partial charge is 0.480 e. The number of rotatable bonds is 10. The monoisotopic (exact) mass is 485 g/mol. The summed E-state index contributed by atoms with van der Waals surface area (Å²) in [5.41, 5.74) is 2.68. The van der Waals surface area contributed by atoms with E-state index in [9.17, 15) is 19.5 Å². The molecule has 0 aliphatic carbocycles. The maximum atomic E-state index is 13.2. The number of nitrogens with zero attached hydrogens (tertiary/aromatic N) is 1. The highest BCUT2D eigenvalue weighted by Gasteiger charge is 2.30. The van der Waals surface area contributed by atoms with Crippen molar-refractivity contribution in [2.24, 2.45) is 5.92 Å². The van der Waals surface area contributed by atoms with E-state index in [-0.39, 0.29) is 24.8 Å². The molecule has 0 aliphatic rings. The van der Waals surface area contributed by atoms with Gasteiger partial charge in [0.2, 0.25) is 11.8 Å². The topological polar surface area (TPSA) is 100 Å². The number of carboxylic acids is 1. The van der Waals surface area contributed by atoms with E-state index in [1.165, 1.54) is 0 Å². The first kappa shape index (κ1) is 25.0. The fourth-order valence-corrected chi connectivity index (χ4v) is 4.55. The van der Waals surface area contributed by atoms with Crippen LogP contribution in [0, 0.1) is 5.92 Å². The quantitative estimate of drug-likeness (QED) is 0.314. The number of carboxylic acid groups (broad SMARTS) is 1. The van der Waals surface area contributed by atoms with Gasteiger partial charge in [-0.05, 0) is 23.6 Å². The maximum absolute atomic E-state index is 13.2. The molecule has 36 heavy (non-hydrogen) atoms. The molecule has 0 unspecified atom stereocenters. The molecule has 1 heterocycles. The van der Waals surface area contributed by atoms with Crippen molar-refractivity contribution in [3.05, 3.63) is 84.4 Å². The number of fused-ring (bicyclic) bond motifs is 3. The van der Waals surface area contributed by atoms with Gasteiger partial charge in [0.25, 0.3) is 0 Å². The number of amides is 2. The van der Waals surface area contributed by atoms with Crippen molar-refractivity contribution in [3.8, 4) is 0 Å². The maximum Gasteiger partial charge on any atom is 0.326 e. The molecule has 0 fully saturated rings. The lowest BCUT2D eigenvalue weighted by atomic mass is 9.97. The average molecular weight is 486 g/mol. The summed E-state index contributed by atoms with van der Waals surface area (Å²) >= 11 is 0. The van der Waals surface area contributed by atoms with Crippen LogP contribution in [0.2, 0.25) is 0 Å². The van der Waals surface area contributed by atoms with Crippen LogP contribution >= 0.6 is 0 Å². The van der Waals surface area contributed by atoms with Crippen molar-refractivity contribution < 1.29 is 19.5 Å². The van der Waals surface area contributed by atoms with E-state index in [2.05, 4.69) is 10.6 Å². The number of carbonyl (C=O) groups is 3. The highest BCUT2D eigenvalue weighted by Crippen LogP contribution is 2.28. The van der Waals surface area contributed by atoms with Crippen molar-refractivity contribution in [1.82, 2.24) is 15.2 Å². The summed E-state index contributed by atoms with van der Waals surface area (Å²) in [6, 6.07) is 23.0. The predicted molar refractivity (Wildman–Crippen MR) is 141 cm³/mol. The van der Waals surface area contributed by atoms with E-state index < -0.39 is 24.0 Å². The zero-order valence-electron chi connectivity index (χ0n) is 20.5. The molecule has 3 atom stereocenters. The minimum absolute atomic E-state index is 0.0423. The summed E-state index contributed by atoms with van der Waals surface area (Å²) < 4.78 is 1.95. The van der Waals surface area contributed by atoms with Crippen molar-refractivity contribution in [1.29, 1.82) is 0 Å². The van der Waals surface area contributed by atoms with Gasteiger partial charge in [0.15, 0.2) is 0 Å². The summed E-state index contributed by atoms with van der Waals surface area (Å²) in [5.74, 6) is -2.11.